The number of ether oxygens (including phenoxy) is 1. The van der Waals surface area contributed by atoms with E-state index in [4.69, 9.17) is 4.74 Å². The van der Waals surface area contributed by atoms with Gasteiger partial charge in [-0.2, -0.15) is 0 Å². The van der Waals surface area contributed by atoms with E-state index in [1.54, 1.807) is 6.08 Å². The van der Waals surface area contributed by atoms with E-state index >= 15 is 0 Å². The largest absolute Gasteiger partial charge is 0.402 e. The van der Waals surface area contributed by atoms with Crippen LogP contribution in [0, 0.1) is 3.57 Å². The van der Waals surface area contributed by atoms with Crippen LogP contribution in [0.5, 0.6) is 0 Å². The molecule has 0 atom stereocenters. The molecule has 3 nitrogen and oxygen atoms in total. The second-order valence-corrected chi connectivity index (χ2v) is 6.70. The summed E-state index contributed by atoms with van der Waals surface area (Å²) >= 11 is 2.23. The van der Waals surface area contributed by atoms with Gasteiger partial charge in [-0.3, -0.25) is 0 Å². The Kier molecular flexibility index (Phi) is 3.90. The van der Waals surface area contributed by atoms with Gasteiger partial charge in [0.1, 0.15) is 0 Å². The molecule has 0 amide bonds. The molecule has 0 saturated carbocycles. The number of rotatable bonds is 2. The summed E-state index contributed by atoms with van der Waals surface area (Å²) in [7, 11) is 0. The highest BCUT2D eigenvalue weighted by atomic mass is 127. The van der Waals surface area contributed by atoms with Crippen LogP contribution in [0.4, 0.5) is 0 Å². The highest BCUT2D eigenvalue weighted by Crippen LogP contribution is 2.22. The summed E-state index contributed by atoms with van der Waals surface area (Å²) in [4.78, 5) is 16.4. The molecule has 0 aromatic heterocycles. The van der Waals surface area contributed by atoms with E-state index in [0.717, 1.165) is 25.5 Å². The molecular weight excluding hydrogens is 413 g/mol. The van der Waals surface area contributed by atoms with Crippen molar-refractivity contribution in [3.63, 3.8) is 0 Å². The van der Waals surface area contributed by atoms with Gasteiger partial charge in [-0.15, -0.1) is 0 Å². The van der Waals surface area contributed by atoms with E-state index in [2.05, 4.69) is 33.6 Å². The number of carbonyl (C=O) groups excluding carboxylic acids is 1. The van der Waals surface area contributed by atoms with Gasteiger partial charge in [0.15, 0.2) is 5.70 Å². The number of halogens is 1. The number of aliphatic imine (C=N–C) groups is 1. The standard InChI is InChI=1S/C20H12INO2/c21-17-9-7-15(8-10-17)19-22-18(20(23)24-19)12-13-5-6-14-3-1-2-4-16(14)11-13/h1-12H/b18-12-. The summed E-state index contributed by atoms with van der Waals surface area (Å²) in [6.45, 7) is 0. The van der Waals surface area contributed by atoms with Crippen molar-refractivity contribution in [3.8, 4) is 0 Å². The molecule has 1 heterocycles. The average Bonchev–Trinajstić information content (AvgIpc) is 2.96. The zero-order chi connectivity index (χ0) is 16.5. The molecule has 0 spiro atoms. The van der Waals surface area contributed by atoms with Crippen molar-refractivity contribution in [1.29, 1.82) is 0 Å². The van der Waals surface area contributed by atoms with Gasteiger partial charge in [-0.25, -0.2) is 9.79 Å². The number of carbonyl (C=O) groups is 1. The van der Waals surface area contributed by atoms with Gasteiger partial charge in [0.2, 0.25) is 5.90 Å². The molecule has 0 saturated heterocycles. The van der Waals surface area contributed by atoms with Crippen LogP contribution in [0.25, 0.3) is 16.8 Å². The van der Waals surface area contributed by atoms with Crippen molar-refractivity contribution in [3.05, 3.63) is 87.1 Å². The third-order valence-electron chi connectivity index (χ3n) is 3.79. The topological polar surface area (TPSA) is 38.7 Å². The van der Waals surface area contributed by atoms with Gasteiger partial charge in [0.25, 0.3) is 0 Å². The molecule has 0 N–H and O–H groups in total. The zero-order valence-electron chi connectivity index (χ0n) is 12.6. The van der Waals surface area contributed by atoms with Crippen LogP contribution >= 0.6 is 22.6 Å². The van der Waals surface area contributed by atoms with Crippen LogP contribution in [0.15, 0.2) is 77.4 Å². The number of hydrogen-bond donors (Lipinski definition) is 0. The molecule has 0 radical (unpaired) electrons. The van der Waals surface area contributed by atoms with E-state index in [1.165, 1.54) is 0 Å². The normalized spacial score (nSPS) is 15.6. The number of benzene rings is 3. The maximum atomic E-state index is 12.1. The van der Waals surface area contributed by atoms with Gasteiger partial charge >= 0.3 is 5.97 Å². The fourth-order valence-corrected chi connectivity index (χ4v) is 2.94. The third-order valence-corrected chi connectivity index (χ3v) is 4.51. The number of hydrogen-bond acceptors (Lipinski definition) is 3. The van der Waals surface area contributed by atoms with Crippen molar-refractivity contribution >= 4 is 51.3 Å². The Morgan fingerprint density at radius 3 is 2.46 bits per heavy atom. The van der Waals surface area contributed by atoms with Crippen LogP contribution in [-0.4, -0.2) is 11.9 Å². The van der Waals surface area contributed by atoms with E-state index in [-0.39, 0.29) is 0 Å². The van der Waals surface area contributed by atoms with E-state index in [9.17, 15) is 4.79 Å². The smallest absolute Gasteiger partial charge is 0.363 e. The Labute approximate surface area is 152 Å². The van der Waals surface area contributed by atoms with Crippen LogP contribution in [0.2, 0.25) is 0 Å². The molecular formula is C20H12INO2. The van der Waals surface area contributed by atoms with E-state index < -0.39 is 5.97 Å². The first kappa shape index (κ1) is 15.1. The van der Waals surface area contributed by atoms with E-state index in [0.29, 0.717) is 11.6 Å². The Hall–Kier alpha value is -2.47. The third kappa shape index (κ3) is 2.97. The molecule has 1 aliphatic heterocycles. The zero-order valence-corrected chi connectivity index (χ0v) is 14.7. The molecule has 4 heteroatoms. The van der Waals surface area contributed by atoms with Gasteiger partial charge < -0.3 is 4.74 Å². The second kappa shape index (κ2) is 6.20. The van der Waals surface area contributed by atoms with Crippen molar-refractivity contribution in [1.82, 2.24) is 0 Å². The molecule has 0 bridgehead atoms. The highest BCUT2D eigenvalue weighted by Gasteiger charge is 2.24. The molecule has 3 aromatic carbocycles. The van der Waals surface area contributed by atoms with Gasteiger partial charge in [0, 0.05) is 9.13 Å². The number of nitrogens with zero attached hydrogens (tertiary/aromatic N) is 1. The Bertz CT molecular complexity index is 1000. The molecule has 3 aromatic rings. The summed E-state index contributed by atoms with van der Waals surface area (Å²) in [5.41, 5.74) is 2.04. The quantitative estimate of drug-likeness (QED) is 0.337. The number of cyclic esters (lactones) is 1. The fourth-order valence-electron chi connectivity index (χ4n) is 2.58. The van der Waals surface area contributed by atoms with Crippen LogP contribution < -0.4 is 0 Å². The second-order valence-electron chi connectivity index (χ2n) is 5.45. The summed E-state index contributed by atoms with van der Waals surface area (Å²) < 4.78 is 6.42. The Morgan fingerprint density at radius 1 is 0.917 bits per heavy atom. The Balaban J connectivity index is 1.70. The first-order valence-corrected chi connectivity index (χ1v) is 8.54. The summed E-state index contributed by atoms with van der Waals surface area (Å²) in [6.07, 6.45) is 1.76. The molecule has 4 rings (SSSR count). The van der Waals surface area contributed by atoms with Crippen molar-refractivity contribution in [2.24, 2.45) is 4.99 Å². The minimum atomic E-state index is -0.420. The predicted octanol–water partition coefficient (Wildman–Crippen LogP) is 4.79. The van der Waals surface area contributed by atoms with E-state index in [1.807, 2.05) is 60.7 Å². The lowest BCUT2D eigenvalue weighted by Gasteiger charge is -1.99. The monoisotopic (exact) mass is 425 g/mol. The minimum absolute atomic E-state index is 0.318. The predicted molar refractivity (Wildman–Crippen MR) is 104 cm³/mol. The van der Waals surface area contributed by atoms with Gasteiger partial charge in [-0.1, -0.05) is 36.4 Å². The summed E-state index contributed by atoms with van der Waals surface area (Å²) in [5, 5.41) is 2.29. The first-order valence-electron chi connectivity index (χ1n) is 7.46. The van der Waals surface area contributed by atoms with Crippen molar-refractivity contribution in [2.75, 3.05) is 0 Å². The van der Waals surface area contributed by atoms with Crippen LogP contribution in [-0.2, 0) is 9.53 Å². The van der Waals surface area contributed by atoms with Crippen molar-refractivity contribution in [2.45, 2.75) is 0 Å². The molecule has 0 fully saturated rings. The van der Waals surface area contributed by atoms with Gasteiger partial charge in [-0.05, 0) is 75.3 Å². The fraction of sp³-hybridized carbons (Fsp3) is 0. The lowest BCUT2D eigenvalue weighted by molar-refractivity contribution is -0.129. The highest BCUT2D eigenvalue weighted by molar-refractivity contribution is 14.1. The number of esters is 1. The minimum Gasteiger partial charge on any atom is -0.402 e. The molecule has 0 unspecified atom stereocenters. The van der Waals surface area contributed by atoms with Crippen molar-refractivity contribution < 1.29 is 9.53 Å². The molecule has 0 aliphatic carbocycles. The molecule has 1 aliphatic rings. The Morgan fingerprint density at radius 2 is 1.67 bits per heavy atom. The summed E-state index contributed by atoms with van der Waals surface area (Å²) in [5.74, 6) is -0.0693. The number of fused-ring (bicyclic) bond motifs is 1. The SMILES string of the molecule is O=C1OC(c2ccc(I)cc2)=N/C1=C\c1ccc2ccccc2c1. The lowest BCUT2D eigenvalue weighted by Crippen LogP contribution is -2.05. The summed E-state index contributed by atoms with van der Waals surface area (Å²) in [6, 6.07) is 21.9. The van der Waals surface area contributed by atoms with Crippen LogP contribution in [0.3, 0.4) is 0 Å². The molecule has 116 valence electrons. The maximum Gasteiger partial charge on any atom is 0.363 e. The van der Waals surface area contributed by atoms with Gasteiger partial charge in [0.05, 0.1) is 0 Å². The first-order chi connectivity index (χ1) is 11.7. The lowest BCUT2D eigenvalue weighted by atomic mass is 10.1. The van der Waals surface area contributed by atoms with Crippen LogP contribution in [0.1, 0.15) is 11.1 Å². The average molecular weight is 425 g/mol. The molecule has 24 heavy (non-hydrogen) atoms. The maximum absolute atomic E-state index is 12.1.